The van der Waals surface area contributed by atoms with E-state index in [4.69, 9.17) is 4.74 Å². The van der Waals surface area contributed by atoms with E-state index >= 15 is 0 Å². The van der Waals surface area contributed by atoms with Gasteiger partial charge in [0.25, 0.3) is 5.24 Å². The summed E-state index contributed by atoms with van der Waals surface area (Å²) in [5, 5.41) is -0.665. The van der Waals surface area contributed by atoms with Crippen LogP contribution in [-0.2, 0) is 4.74 Å². The van der Waals surface area contributed by atoms with E-state index in [-0.39, 0.29) is 5.24 Å². The van der Waals surface area contributed by atoms with Crippen LogP contribution in [0.3, 0.4) is 0 Å². The molecular weight excluding hydrogens is 258 g/mol. The van der Waals surface area contributed by atoms with Crippen LogP contribution >= 0.6 is 21.6 Å². The fourth-order valence-corrected chi connectivity index (χ4v) is 2.44. The summed E-state index contributed by atoms with van der Waals surface area (Å²) in [6, 6.07) is 9.23. The molecule has 0 unspecified atom stereocenters. The van der Waals surface area contributed by atoms with Gasteiger partial charge in [-0.3, -0.25) is 4.79 Å². The Morgan fingerprint density at radius 3 is 2.47 bits per heavy atom. The number of anilines is 1. The molecule has 0 fully saturated rings. The van der Waals surface area contributed by atoms with Gasteiger partial charge < -0.3 is 9.64 Å². The first-order valence-corrected chi connectivity index (χ1v) is 7.14. The highest BCUT2D eigenvalue weighted by Gasteiger charge is 2.14. The number of ether oxygens (including phenoxy) is 1. The van der Waals surface area contributed by atoms with E-state index in [2.05, 4.69) is 0 Å². The zero-order valence-electron chi connectivity index (χ0n) is 9.58. The van der Waals surface area contributed by atoms with Gasteiger partial charge in [-0.2, -0.15) is 0 Å². The van der Waals surface area contributed by atoms with Crippen molar-refractivity contribution in [3.8, 4) is 0 Å². The Bertz CT molecular complexity index is 384. The molecule has 1 aromatic rings. The van der Waals surface area contributed by atoms with Crippen LogP contribution in [0.1, 0.15) is 6.92 Å². The molecule has 0 aliphatic heterocycles. The normalized spacial score (nSPS) is 9.76. The lowest BCUT2D eigenvalue weighted by Gasteiger charge is -2.15. The summed E-state index contributed by atoms with van der Waals surface area (Å²) < 4.78 is 4.71. The number of hydrogen-bond donors (Lipinski definition) is 0. The van der Waals surface area contributed by atoms with Crippen molar-refractivity contribution in [2.75, 3.05) is 18.6 Å². The molecule has 0 aliphatic carbocycles. The monoisotopic (exact) mass is 271 g/mol. The molecule has 4 nitrogen and oxygen atoms in total. The maximum absolute atomic E-state index is 11.7. The van der Waals surface area contributed by atoms with Gasteiger partial charge in [0.1, 0.15) is 0 Å². The summed E-state index contributed by atoms with van der Waals surface area (Å²) in [6.07, 6.45) is 0. The van der Waals surface area contributed by atoms with Crippen molar-refractivity contribution >= 4 is 37.8 Å². The molecule has 0 N–H and O–H groups in total. The molecule has 1 amide bonds. The second-order valence-corrected chi connectivity index (χ2v) is 5.03. The highest BCUT2D eigenvalue weighted by molar-refractivity contribution is 8.87. The van der Waals surface area contributed by atoms with Crippen molar-refractivity contribution < 1.29 is 14.3 Å². The Morgan fingerprint density at radius 2 is 1.88 bits per heavy atom. The van der Waals surface area contributed by atoms with Crippen molar-refractivity contribution in [3.05, 3.63) is 30.3 Å². The first kappa shape index (κ1) is 13.9. The minimum atomic E-state index is -0.452. The predicted molar refractivity (Wildman–Crippen MR) is 72.4 cm³/mol. The van der Waals surface area contributed by atoms with Crippen LogP contribution in [0.4, 0.5) is 15.3 Å². The van der Waals surface area contributed by atoms with E-state index in [0.717, 1.165) is 27.3 Å². The Balaban J connectivity index is 2.45. The van der Waals surface area contributed by atoms with E-state index < -0.39 is 5.30 Å². The average molecular weight is 271 g/mol. The molecule has 6 heteroatoms. The fourth-order valence-electron chi connectivity index (χ4n) is 1.02. The molecule has 0 aromatic heterocycles. The molecule has 0 saturated carbocycles. The van der Waals surface area contributed by atoms with Gasteiger partial charge in [-0.05, 0) is 19.1 Å². The Labute approximate surface area is 108 Å². The smallest absolute Gasteiger partial charge is 0.378 e. The largest absolute Gasteiger partial charge is 0.457 e. The standard InChI is InChI=1S/C11H13NO3S2/c1-3-15-11(14)17-16-10(13)12(2)9-7-5-4-6-8-9/h4-8H,3H2,1-2H3. The Hall–Kier alpha value is -1.14. The van der Waals surface area contributed by atoms with Crippen LogP contribution in [0.15, 0.2) is 30.3 Å². The van der Waals surface area contributed by atoms with Crippen molar-refractivity contribution in [3.63, 3.8) is 0 Å². The second-order valence-electron chi connectivity index (χ2n) is 3.01. The minimum Gasteiger partial charge on any atom is -0.457 e. The number of amides is 1. The maximum Gasteiger partial charge on any atom is 0.378 e. The second kappa shape index (κ2) is 7.24. The summed E-state index contributed by atoms with van der Waals surface area (Å²) in [4.78, 5) is 24.3. The number of benzene rings is 1. The van der Waals surface area contributed by atoms with Gasteiger partial charge in [-0.1, -0.05) is 18.2 Å². The molecule has 92 valence electrons. The van der Waals surface area contributed by atoms with Crippen molar-refractivity contribution in [2.45, 2.75) is 6.92 Å². The Morgan fingerprint density at radius 1 is 1.24 bits per heavy atom. The SMILES string of the molecule is CCOC(=O)SSC(=O)N(C)c1ccccc1. The van der Waals surface area contributed by atoms with Gasteiger partial charge in [0.05, 0.1) is 6.61 Å². The highest BCUT2D eigenvalue weighted by Crippen LogP contribution is 2.28. The van der Waals surface area contributed by atoms with Crippen molar-refractivity contribution in [2.24, 2.45) is 0 Å². The van der Waals surface area contributed by atoms with Gasteiger partial charge >= 0.3 is 5.30 Å². The molecule has 0 spiro atoms. The van der Waals surface area contributed by atoms with Gasteiger partial charge in [-0.25, -0.2) is 4.79 Å². The minimum absolute atomic E-state index is 0.214. The molecule has 0 bridgehead atoms. The molecule has 0 saturated heterocycles. The predicted octanol–water partition coefficient (Wildman–Crippen LogP) is 3.78. The third-order valence-corrected chi connectivity index (χ3v) is 3.70. The summed E-state index contributed by atoms with van der Waals surface area (Å²) in [5.41, 5.74) is 0.787. The van der Waals surface area contributed by atoms with Crippen LogP contribution in [0, 0.1) is 0 Å². The summed E-state index contributed by atoms with van der Waals surface area (Å²) in [7, 11) is 3.32. The van der Waals surface area contributed by atoms with Crippen LogP contribution in [0.5, 0.6) is 0 Å². The average Bonchev–Trinajstić information content (AvgIpc) is 2.36. The molecule has 0 aliphatic rings. The molecule has 0 heterocycles. The van der Waals surface area contributed by atoms with E-state index in [1.165, 1.54) is 4.90 Å². The van der Waals surface area contributed by atoms with Crippen LogP contribution in [0.2, 0.25) is 0 Å². The first-order valence-electron chi connectivity index (χ1n) is 4.99. The Kier molecular flexibility index (Phi) is 5.93. The lowest BCUT2D eigenvalue weighted by molar-refractivity contribution is 0.182. The summed E-state index contributed by atoms with van der Waals surface area (Å²) in [5.74, 6) is 0. The van der Waals surface area contributed by atoms with Crippen LogP contribution in [0.25, 0.3) is 0 Å². The van der Waals surface area contributed by atoms with Crippen LogP contribution < -0.4 is 4.90 Å². The zero-order chi connectivity index (χ0) is 12.7. The number of carbonyl (C=O) groups excluding carboxylic acids is 2. The van der Waals surface area contributed by atoms with Gasteiger partial charge in [0.15, 0.2) is 0 Å². The van der Waals surface area contributed by atoms with Gasteiger partial charge in [0.2, 0.25) is 0 Å². The number of para-hydroxylation sites is 1. The number of hydrogen-bond acceptors (Lipinski definition) is 5. The highest BCUT2D eigenvalue weighted by atomic mass is 33.1. The molecule has 1 aromatic carbocycles. The quantitative estimate of drug-likeness (QED) is 0.605. The molecule has 0 atom stereocenters. The van der Waals surface area contributed by atoms with Crippen LogP contribution in [-0.4, -0.2) is 24.2 Å². The molecule has 0 radical (unpaired) electrons. The lowest BCUT2D eigenvalue weighted by Crippen LogP contribution is -2.21. The maximum atomic E-state index is 11.7. The van der Waals surface area contributed by atoms with Gasteiger partial charge in [-0.15, -0.1) is 0 Å². The van der Waals surface area contributed by atoms with Crippen molar-refractivity contribution in [1.82, 2.24) is 0 Å². The third-order valence-electron chi connectivity index (χ3n) is 1.86. The number of nitrogens with zero attached hydrogens (tertiary/aromatic N) is 1. The molecule has 1 rings (SSSR count). The summed E-state index contributed by atoms with van der Waals surface area (Å²) >= 11 is 0. The van der Waals surface area contributed by atoms with E-state index in [1.807, 2.05) is 30.3 Å². The third kappa shape index (κ3) is 4.70. The molecular formula is C11H13NO3S2. The van der Waals surface area contributed by atoms with E-state index in [0.29, 0.717) is 6.61 Å². The van der Waals surface area contributed by atoms with E-state index in [9.17, 15) is 9.59 Å². The van der Waals surface area contributed by atoms with Gasteiger partial charge in [0, 0.05) is 34.3 Å². The topological polar surface area (TPSA) is 46.6 Å². The zero-order valence-corrected chi connectivity index (χ0v) is 11.2. The number of carbonyl (C=O) groups is 2. The fraction of sp³-hybridized carbons (Fsp3) is 0.273. The summed E-state index contributed by atoms with van der Waals surface area (Å²) in [6.45, 7) is 2.04. The lowest BCUT2D eigenvalue weighted by atomic mass is 10.3. The van der Waals surface area contributed by atoms with E-state index in [1.54, 1.807) is 14.0 Å². The van der Waals surface area contributed by atoms with Crippen molar-refractivity contribution in [1.29, 1.82) is 0 Å². The number of rotatable bonds is 2. The first-order chi connectivity index (χ1) is 8.15. The molecule has 17 heavy (non-hydrogen) atoms.